The van der Waals surface area contributed by atoms with Gasteiger partial charge >= 0.3 is 0 Å². The average molecular weight is 395 g/mol. The molecule has 2 aromatic rings. The lowest BCUT2D eigenvalue weighted by Gasteiger charge is -2.11. The number of nitrogens with one attached hydrogen (secondary N) is 1. The van der Waals surface area contributed by atoms with E-state index in [4.69, 9.17) is 17.3 Å². The van der Waals surface area contributed by atoms with E-state index in [0.29, 0.717) is 0 Å². The predicted octanol–water partition coefficient (Wildman–Crippen LogP) is 3.33. The molecule has 1 aromatic carbocycles. The van der Waals surface area contributed by atoms with E-state index < -0.39 is 20.7 Å². The molecule has 5 nitrogen and oxygen atoms in total. The maximum atomic E-state index is 14.1. The van der Waals surface area contributed by atoms with Gasteiger partial charge < -0.3 is 5.73 Å². The molecule has 0 amide bonds. The Morgan fingerprint density at radius 1 is 1.43 bits per heavy atom. The highest BCUT2D eigenvalue weighted by Crippen LogP contribution is 2.35. The molecule has 0 atom stereocenters. The fourth-order valence-corrected chi connectivity index (χ4v) is 3.26. The fourth-order valence-electron chi connectivity index (χ4n) is 1.58. The number of hydrogen-bond acceptors (Lipinski definition) is 4. The Kier molecular flexibility index (Phi) is 4.40. The van der Waals surface area contributed by atoms with Crippen LogP contribution in [0.1, 0.15) is 5.56 Å². The maximum Gasteiger partial charge on any atom is 0.266 e. The molecule has 0 fully saturated rings. The minimum absolute atomic E-state index is 0.00789. The molecular formula is C12H10BrClFN3O2S. The summed E-state index contributed by atoms with van der Waals surface area (Å²) in [6.45, 7) is 1.77. The van der Waals surface area contributed by atoms with E-state index in [1.807, 2.05) is 0 Å². The molecule has 0 aliphatic rings. The van der Waals surface area contributed by atoms with Crippen molar-refractivity contribution in [2.75, 3.05) is 10.5 Å². The molecule has 0 radical (unpaired) electrons. The molecule has 3 N–H and O–H groups in total. The van der Waals surface area contributed by atoms with Crippen LogP contribution in [-0.4, -0.2) is 13.4 Å². The molecule has 0 saturated carbocycles. The third kappa shape index (κ3) is 3.28. The third-order valence-corrected chi connectivity index (χ3v) is 5.34. The van der Waals surface area contributed by atoms with E-state index in [1.165, 1.54) is 12.3 Å². The van der Waals surface area contributed by atoms with Gasteiger partial charge in [-0.05, 0) is 46.6 Å². The number of nitrogens with two attached hydrogens (primary N) is 1. The second kappa shape index (κ2) is 5.78. The van der Waals surface area contributed by atoms with Crippen molar-refractivity contribution >= 4 is 49.1 Å². The standard InChI is InChI=1S/C12H10BrClFN3O2S/c1-6-2-3-17-9(4-6)18-21(19,20)8-5-7(14)10(13)12(16)11(8)15/h2-5H,16H2,1H3,(H,17,18). The molecule has 1 aromatic heterocycles. The topological polar surface area (TPSA) is 85.1 Å². The highest BCUT2D eigenvalue weighted by molar-refractivity contribution is 9.10. The van der Waals surface area contributed by atoms with E-state index >= 15 is 0 Å². The number of anilines is 2. The lowest BCUT2D eigenvalue weighted by Crippen LogP contribution is -2.16. The number of nitrogen functional groups attached to an aromatic ring is 1. The van der Waals surface area contributed by atoms with Gasteiger partial charge in [0.15, 0.2) is 5.82 Å². The van der Waals surface area contributed by atoms with Crippen LogP contribution in [0.15, 0.2) is 33.8 Å². The maximum absolute atomic E-state index is 14.1. The molecule has 112 valence electrons. The number of nitrogens with zero attached hydrogens (tertiary/aromatic N) is 1. The van der Waals surface area contributed by atoms with Crippen LogP contribution in [-0.2, 0) is 10.0 Å². The SMILES string of the molecule is Cc1ccnc(NS(=O)(=O)c2cc(Cl)c(Br)c(N)c2F)c1. The second-order valence-corrected chi connectivity index (χ2v) is 7.07. The summed E-state index contributed by atoms with van der Waals surface area (Å²) < 4.78 is 40.8. The van der Waals surface area contributed by atoms with E-state index in [2.05, 4.69) is 25.6 Å². The smallest absolute Gasteiger partial charge is 0.266 e. The van der Waals surface area contributed by atoms with Gasteiger partial charge in [-0.25, -0.2) is 17.8 Å². The van der Waals surface area contributed by atoms with Crippen molar-refractivity contribution in [3.8, 4) is 0 Å². The average Bonchev–Trinajstić information content (AvgIpc) is 2.40. The summed E-state index contributed by atoms with van der Waals surface area (Å²) in [5, 5.41) is -0.00789. The van der Waals surface area contributed by atoms with Crippen LogP contribution < -0.4 is 10.5 Å². The largest absolute Gasteiger partial charge is 0.395 e. The Hall–Kier alpha value is -1.38. The summed E-state index contributed by atoms with van der Waals surface area (Å²) in [7, 11) is -4.20. The first-order valence-electron chi connectivity index (χ1n) is 5.61. The van der Waals surface area contributed by atoms with Gasteiger partial charge in [0.05, 0.1) is 15.2 Å². The Morgan fingerprint density at radius 2 is 2.10 bits per heavy atom. The molecule has 0 unspecified atom stereocenters. The number of aryl methyl sites for hydroxylation is 1. The van der Waals surface area contributed by atoms with Gasteiger partial charge in [0.2, 0.25) is 0 Å². The van der Waals surface area contributed by atoms with Crippen molar-refractivity contribution in [3.63, 3.8) is 0 Å². The van der Waals surface area contributed by atoms with Crippen molar-refractivity contribution in [2.45, 2.75) is 11.8 Å². The van der Waals surface area contributed by atoms with Crippen LogP contribution in [0.25, 0.3) is 0 Å². The van der Waals surface area contributed by atoms with Crippen LogP contribution >= 0.6 is 27.5 Å². The van der Waals surface area contributed by atoms with Crippen LogP contribution in [0.4, 0.5) is 15.9 Å². The Bertz CT molecular complexity index is 814. The summed E-state index contributed by atoms with van der Waals surface area (Å²) in [4.78, 5) is 3.21. The van der Waals surface area contributed by atoms with Gasteiger partial charge in [-0.15, -0.1) is 0 Å². The zero-order chi connectivity index (χ0) is 15.8. The Labute approximate surface area is 134 Å². The lowest BCUT2D eigenvalue weighted by molar-refractivity contribution is 0.572. The van der Waals surface area contributed by atoms with Crippen LogP contribution in [0.2, 0.25) is 5.02 Å². The molecule has 0 aliphatic carbocycles. The first kappa shape index (κ1) is 16.0. The molecular weight excluding hydrogens is 385 g/mol. The number of hydrogen-bond donors (Lipinski definition) is 2. The Balaban J connectivity index is 2.50. The molecule has 0 saturated heterocycles. The van der Waals surface area contributed by atoms with Gasteiger partial charge in [-0.2, -0.15) is 0 Å². The molecule has 1 heterocycles. The van der Waals surface area contributed by atoms with Crippen LogP contribution in [0.3, 0.4) is 0 Å². The molecule has 0 spiro atoms. The zero-order valence-corrected chi connectivity index (χ0v) is 13.9. The second-order valence-electron chi connectivity index (χ2n) is 4.22. The number of rotatable bonds is 3. The zero-order valence-electron chi connectivity index (χ0n) is 10.7. The van der Waals surface area contributed by atoms with Gasteiger partial charge in [0, 0.05) is 6.20 Å². The first-order valence-corrected chi connectivity index (χ1v) is 8.26. The number of halogens is 3. The summed E-state index contributed by atoms with van der Waals surface area (Å²) >= 11 is 8.81. The van der Waals surface area contributed by atoms with Crippen molar-refractivity contribution in [1.82, 2.24) is 4.98 Å². The minimum atomic E-state index is -4.20. The van der Waals surface area contributed by atoms with Crippen molar-refractivity contribution in [2.24, 2.45) is 0 Å². The molecule has 21 heavy (non-hydrogen) atoms. The molecule has 9 heteroatoms. The van der Waals surface area contributed by atoms with Crippen LogP contribution in [0.5, 0.6) is 0 Å². The summed E-state index contributed by atoms with van der Waals surface area (Å²) in [5.74, 6) is -1.00. The monoisotopic (exact) mass is 393 g/mol. The summed E-state index contributed by atoms with van der Waals surface area (Å²) in [5.41, 5.74) is 5.91. The molecule has 0 aliphatic heterocycles. The summed E-state index contributed by atoms with van der Waals surface area (Å²) in [6, 6.07) is 4.20. The van der Waals surface area contributed by atoms with Gasteiger partial charge in [-0.1, -0.05) is 11.6 Å². The predicted molar refractivity (Wildman–Crippen MR) is 83.3 cm³/mol. The quantitative estimate of drug-likeness (QED) is 0.618. The van der Waals surface area contributed by atoms with Crippen molar-refractivity contribution in [1.29, 1.82) is 0 Å². The number of sulfonamides is 1. The van der Waals surface area contributed by atoms with Crippen molar-refractivity contribution in [3.05, 3.63) is 45.3 Å². The normalized spacial score (nSPS) is 11.4. The van der Waals surface area contributed by atoms with E-state index in [1.54, 1.807) is 13.0 Å². The van der Waals surface area contributed by atoms with E-state index in [0.717, 1.165) is 11.6 Å². The number of aromatic nitrogens is 1. The third-order valence-electron chi connectivity index (χ3n) is 2.60. The fraction of sp³-hybridized carbons (Fsp3) is 0.0833. The Morgan fingerprint density at radius 3 is 2.71 bits per heavy atom. The highest BCUT2D eigenvalue weighted by atomic mass is 79.9. The molecule has 0 bridgehead atoms. The lowest BCUT2D eigenvalue weighted by atomic mass is 10.3. The number of pyridine rings is 1. The number of benzene rings is 1. The summed E-state index contributed by atoms with van der Waals surface area (Å²) in [6.07, 6.45) is 1.44. The van der Waals surface area contributed by atoms with E-state index in [-0.39, 0.29) is 21.0 Å². The first-order chi connectivity index (χ1) is 9.72. The highest BCUT2D eigenvalue weighted by Gasteiger charge is 2.24. The van der Waals surface area contributed by atoms with Gasteiger partial charge in [0.1, 0.15) is 10.7 Å². The van der Waals surface area contributed by atoms with E-state index in [9.17, 15) is 12.8 Å². The molecule has 2 rings (SSSR count). The minimum Gasteiger partial charge on any atom is -0.395 e. The van der Waals surface area contributed by atoms with Crippen molar-refractivity contribution < 1.29 is 12.8 Å². The van der Waals surface area contributed by atoms with Gasteiger partial charge in [-0.3, -0.25) is 4.72 Å². The van der Waals surface area contributed by atoms with Gasteiger partial charge in [0.25, 0.3) is 10.0 Å². The van der Waals surface area contributed by atoms with Crippen LogP contribution in [0, 0.1) is 12.7 Å².